The predicted molar refractivity (Wildman–Crippen MR) is 70.4 cm³/mol. The number of aromatic nitrogens is 2. The molecule has 0 aliphatic heterocycles. The van der Waals surface area contributed by atoms with Crippen LogP contribution in [0.15, 0.2) is 42.6 Å². The fraction of sp³-hybridized carbons (Fsp3) is 0. The maximum atomic E-state index is 13.5. The van der Waals surface area contributed by atoms with Gasteiger partial charge in [0.05, 0.1) is 17.4 Å². The molecule has 0 saturated heterocycles. The molecule has 2 N–H and O–H groups in total. The van der Waals surface area contributed by atoms with E-state index in [1.54, 1.807) is 24.4 Å². The molecule has 100 valence electrons. The van der Waals surface area contributed by atoms with Crippen molar-refractivity contribution in [3.05, 3.63) is 59.8 Å². The first kappa shape index (κ1) is 12.3. The van der Waals surface area contributed by atoms with Crippen molar-refractivity contribution < 1.29 is 13.6 Å². The number of fused-ring (bicyclic) bond motifs is 1. The fourth-order valence-corrected chi connectivity index (χ4v) is 1.87. The number of anilines is 1. The highest BCUT2D eigenvalue weighted by Crippen LogP contribution is 2.18. The Morgan fingerprint density at radius 2 is 2.00 bits per heavy atom. The van der Waals surface area contributed by atoms with Crippen LogP contribution in [0.3, 0.4) is 0 Å². The molecule has 0 fully saturated rings. The van der Waals surface area contributed by atoms with E-state index in [-0.39, 0.29) is 5.69 Å². The number of amides is 1. The summed E-state index contributed by atoms with van der Waals surface area (Å²) in [4.78, 5) is 12.0. The standard InChI is InChI=1S/C14H9F2N3O/c15-10-3-4-11(16)13(6-10)18-14(20)8-1-2-9-7-17-19-12(9)5-8/h1-7H,(H,17,19)(H,18,20). The predicted octanol–water partition coefficient (Wildman–Crippen LogP) is 3.09. The number of rotatable bonds is 2. The molecule has 3 aromatic rings. The Labute approximate surface area is 112 Å². The van der Waals surface area contributed by atoms with E-state index in [1.165, 1.54) is 0 Å². The zero-order chi connectivity index (χ0) is 14.1. The summed E-state index contributed by atoms with van der Waals surface area (Å²) in [5.41, 5.74) is 0.822. The van der Waals surface area contributed by atoms with Crippen molar-refractivity contribution in [1.29, 1.82) is 0 Å². The molecule has 0 radical (unpaired) electrons. The first-order valence-corrected chi connectivity index (χ1v) is 5.83. The maximum Gasteiger partial charge on any atom is 0.255 e. The Morgan fingerprint density at radius 3 is 2.85 bits per heavy atom. The third kappa shape index (κ3) is 2.23. The molecule has 3 rings (SSSR count). The molecule has 1 aromatic heterocycles. The number of carbonyl (C=O) groups excluding carboxylic acids is 1. The van der Waals surface area contributed by atoms with Crippen LogP contribution in [0, 0.1) is 11.6 Å². The lowest BCUT2D eigenvalue weighted by Crippen LogP contribution is -2.13. The lowest BCUT2D eigenvalue weighted by atomic mass is 10.1. The van der Waals surface area contributed by atoms with E-state index < -0.39 is 17.5 Å². The number of halogens is 2. The topological polar surface area (TPSA) is 57.8 Å². The summed E-state index contributed by atoms with van der Waals surface area (Å²) < 4.78 is 26.5. The highest BCUT2D eigenvalue weighted by atomic mass is 19.1. The Hall–Kier alpha value is -2.76. The van der Waals surface area contributed by atoms with Gasteiger partial charge in [-0.15, -0.1) is 0 Å². The average Bonchev–Trinajstić information content (AvgIpc) is 2.90. The molecule has 0 atom stereocenters. The number of benzene rings is 2. The second-order valence-corrected chi connectivity index (χ2v) is 4.25. The van der Waals surface area contributed by atoms with Crippen molar-refractivity contribution in [2.24, 2.45) is 0 Å². The van der Waals surface area contributed by atoms with Crippen LogP contribution in [0.25, 0.3) is 10.9 Å². The Morgan fingerprint density at radius 1 is 1.15 bits per heavy atom. The molecule has 0 aliphatic rings. The molecule has 1 amide bonds. The molecule has 0 bridgehead atoms. The van der Waals surface area contributed by atoms with Gasteiger partial charge >= 0.3 is 0 Å². The number of nitrogens with one attached hydrogen (secondary N) is 2. The van der Waals surface area contributed by atoms with Crippen LogP contribution < -0.4 is 5.32 Å². The molecule has 0 spiro atoms. The smallest absolute Gasteiger partial charge is 0.255 e. The van der Waals surface area contributed by atoms with Gasteiger partial charge in [-0.2, -0.15) is 5.10 Å². The van der Waals surface area contributed by atoms with E-state index in [0.717, 1.165) is 23.6 Å². The minimum atomic E-state index is -0.692. The van der Waals surface area contributed by atoms with E-state index in [9.17, 15) is 13.6 Å². The molecule has 1 heterocycles. The van der Waals surface area contributed by atoms with Crippen LogP contribution >= 0.6 is 0 Å². The normalized spacial score (nSPS) is 10.7. The Bertz CT molecular complexity index is 798. The highest BCUT2D eigenvalue weighted by molar-refractivity contribution is 6.06. The lowest BCUT2D eigenvalue weighted by molar-refractivity contribution is 0.102. The minimum absolute atomic E-state index is 0.195. The Kier molecular flexibility index (Phi) is 2.90. The maximum absolute atomic E-state index is 13.5. The summed E-state index contributed by atoms with van der Waals surface area (Å²) in [7, 11) is 0. The summed E-state index contributed by atoms with van der Waals surface area (Å²) in [6.07, 6.45) is 1.63. The van der Waals surface area contributed by atoms with Crippen LogP contribution in [0.2, 0.25) is 0 Å². The van der Waals surface area contributed by atoms with Crippen LogP contribution in [0.5, 0.6) is 0 Å². The van der Waals surface area contributed by atoms with Crippen molar-refractivity contribution in [3.8, 4) is 0 Å². The van der Waals surface area contributed by atoms with E-state index in [4.69, 9.17) is 0 Å². The van der Waals surface area contributed by atoms with Gasteiger partial charge in [-0.05, 0) is 24.3 Å². The van der Waals surface area contributed by atoms with Gasteiger partial charge in [-0.1, -0.05) is 6.07 Å². The number of hydrogen-bond donors (Lipinski definition) is 2. The van der Waals surface area contributed by atoms with Gasteiger partial charge in [0.2, 0.25) is 0 Å². The molecule has 4 nitrogen and oxygen atoms in total. The molecule has 0 unspecified atom stereocenters. The number of hydrogen-bond acceptors (Lipinski definition) is 2. The molecular weight excluding hydrogens is 264 g/mol. The molecule has 6 heteroatoms. The zero-order valence-electron chi connectivity index (χ0n) is 10.2. The number of carbonyl (C=O) groups is 1. The van der Waals surface area contributed by atoms with Gasteiger partial charge in [0.25, 0.3) is 5.91 Å². The van der Waals surface area contributed by atoms with Crippen LogP contribution in [-0.4, -0.2) is 16.1 Å². The van der Waals surface area contributed by atoms with E-state index in [0.29, 0.717) is 11.1 Å². The second-order valence-electron chi connectivity index (χ2n) is 4.25. The molecular formula is C14H9F2N3O. The summed E-state index contributed by atoms with van der Waals surface area (Å²) in [6, 6.07) is 7.78. The molecule has 2 aromatic carbocycles. The van der Waals surface area contributed by atoms with Crippen molar-refractivity contribution in [2.75, 3.05) is 5.32 Å². The number of nitrogens with zero attached hydrogens (tertiary/aromatic N) is 1. The second kappa shape index (κ2) is 4.73. The fourth-order valence-electron chi connectivity index (χ4n) is 1.87. The summed E-state index contributed by atoms with van der Waals surface area (Å²) in [5.74, 6) is -1.83. The average molecular weight is 273 g/mol. The van der Waals surface area contributed by atoms with Gasteiger partial charge in [-0.25, -0.2) is 8.78 Å². The van der Waals surface area contributed by atoms with Crippen molar-refractivity contribution >= 4 is 22.5 Å². The number of aromatic amines is 1. The van der Waals surface area contributed by atoms with Gasteiger partial charge < -0.3 is 5.32 Å². The van der Waals surface area contributed by atoms with Gasteiger partial charge in [0.15, 0.2) is 0 Å². The van der Waals surface area contributed by atoms with E-state index in [2.05, 4.69) is 15.5 Å². The quantitative estimate of drug-likeness (QED) is 0.753. The number of H-pyrrole nitrogens is 1. The van der Waals surface area contributed by atoms with E-state index in [1.807, 2.05) is 0 Å². The van der Waals surface area contributed by atoms with Crippen molar-refractivity contribution in [2.45, 2.75) is 0 Å². The SMILES string of the molecule is O=C(Nc1cc(F)ccc1F)c1ccc2cn[nH]c2c1. The summed E-state index contributed by atoms with van der Waals surface area (Å²) in [6.45, 7) is 0. The summed E-state index contributed by atoms with van der Waals surface area (Å²) >= 11 is 0. The Balaban J connectivity index is 1.90. The monoisotopic (exact) mass is 273 g/mol. The summed E-state index contributed by atoms with van der Waals surface area (Å²) in [5, 5.41) is 9.78. The third-order valence-corrected chi connectivity index (χ3v) is 2.88. The van der Waals surface area contributed by atoms with Gasteiger partial charge in [-0.3, -0.25) is 9.89 Å². The largest absolute Gasteiger partial charge is 0.319 e. The van der Waals surface area contributed by atoms with E-state index >= 15 is 0 Å². The van der Waals surface area contributed by atoms with Crippen molar-refractivity contribution in [1.82, 2.24) is 10.2 Å². The highest BCUT2D eigenvalue weighted by Gasteiger charge is 2.11. The van der Waals surface area contributed by atoms with Gasteiger partial charge in [0, 0.05) is 17.0 Å². The van der Waals surface area contributed by atoms with Crippen LogP contribution in [0.1, 0.15) is 10.4 Å². The minimum Gasteiger partial charge on any atom is -0.319 e. The van der Waals surface area contributed by atoms with Gasteiger partial charge in [0.1, 0.15) is 11.6 Å². The third-order valence-electron chi connectivity index (χ3n) is 2.88. The first-order valence-electron chi connectivity index (χ1n) is 5.83. The van der Waals surface area contributed by atoms with Crippen LogP contribution in [-0.2, 0) is 0 Å². The lowest BCUT2D eigenvalue weighted by Gasteiger charge is -2.06. The molecule has 20 heavy (non-hydrogen) atoms. The first-order chi connectivity index (χ1) is 9.63. The molecule has 0 saturated carbocycles. The van der Waals surface area contributed by atoms with Crippen LogP contribution in [0.4, 0.5) is 14.5 Å². The van der Waals surface area contributed by atoms with Crippen molar-refractivity contribution in [3.63, 3.8) is 0 Å². The molecule has 0 aliphatic carbocycles. The zero-order valence-corrected chi connectivity index (χ0v) is 10.2.